The number of pyridine rings is 1. The summed E-state index contributed by atoms with van der Waals surface area (Å²) in [5.74, 6) is 0.930. The van der Waals surface area contributed by atoms with Gasteiger partial charge in [-0.25, -0.2) is 4.98 Å². The summed E-state index contributed by atoms with van der Waals surface area (Å²) in [6, 6.07) is 25.8. The largest absolute Gasteiger partial charge is 0.294 e. The molecular formula is C25H19BrN2. The topological polar surface area (TPSA) is 17.8 Å². The number of aromatic nitrogens is 2. The number of halogens is 1. The fraction of sp³-hybridized carbons (Fsp3) is 0.0800. The van der Waals surface area contributed by atoms with Crippen LogP contribution in [0.4, 0.5) is 0 Å². The summed E-state index contributed by atoms with van der Waals surface area (Å²) >= 11 is 3.63. The van der Waals surface area contributed by atoms with Crippen LogP contribution < -0.4 is 0 Å². The minimum atomic E-state index is 0.930. The Morgan fingerprint density at radius 3 is 2.18 bits per heavy atom. The molecule has 2 nitrogen and oxygen atoms in total. The van der Waals surface area contributed by atoms with Gasteiger partial charge in [0.15, 0.2) is 0 Å². The molecule has 0 atom stereocenters. The molecule has 28 heavy (non-hydrogen) atoms. The van der Waals surface area contributed by atoms with Crippen molar-refractivity contribution < 1.29 is 0 Å². The van der Waals surface area contributed by atoms with Gasteiger partial charge in [-0.15, -0.1) is 0 Å². The van der Waals surface area contributed by atoms with Crippen LogP contribution in [0.25, 0.3) is 38.8 Å². The first-order valence-corrected chi connectivity index (χ1v) is 10.1. The Labute approximate surface area is 172 Å². The van der Waals surface area contributed by atoms with Gasteiger partial charge in [0.05, 0.1) is 11.0 Å². The Morgan fingerprint density at radius 2 is 1.46 bits per heavy atom. The van der Waals surface area contributed by atoms with Gasteiger partial charge in [-0.1, -0.05) is 58.4 Å². The molecule has 0 N–H and O–H groups in total. The Bertz CT molecular complexity index is 1310. The SMILES string of the molecule is Cc1cccc(C)c1-c1ccc2c3ccc(Br)cc3n(-c3ccccn3)c2c1. The van der Waals surface area contributed by atoms with E-state index in [4.69, 9.17) is 0 Å². The second-order valence-electron chi connectivity index (χ2n) is 7.18. The van der Waals surface area contributed by atoms with Gasteiger partial charge in [0, 0.05) is 21.4 Å². The van der Waals surface area contributed by atoms with Crippen molar-refractivity contribution in [3.63, 3.8) is 0 Å². The molecule has 0 aliphatic rings. The average molecular weight is 427 g/mol. The quantitative estimate of drug-likeness (QED) is 0.291. The van der Waals surface area contributed by atoms with Crippen molar-refractivity contribution in [1.29, 1.82) is 0 Å². The van der Waals surface area contributed by atoms with Gasteiger partial charge in [-0.2, -0.15) is 0 Å². The van der Waals surface area contributed by atoms with E-state index in [-0.39, 0.29) is 0 Å². The maximum Gasteiger partial charge on any atom is 0.137 e. The molecule has 0 saturated heterocycles. The number of aryl methyl sites for hydroxylation is 2. The van der Waals surface area contributed by atoms with Crippen molar-refractivity contribution in [2.75, 3.05) is 0 Å². The molecule has 0 aliphatic heterocycles. The number of fused-ring (bicyclic) bond motifs is 3. The zero-order valence-electron chi connectivity index (χ0n) is 15.8. The Kier molecular flexibility index (Phi) is 4.06. The normalized spacial score (nSPS) is 11.4. The van der Waals surface area contributed by atoms with E-state index >= 15 is 0 Å². The maximum atomic E-state index is 4.64. The monoisotopic (exact) mass is 426 g/mol. The fourth-order valence-corrected chi connectivity index (χ4v) is 4.50. The molecule has 2 aromatic heterocycles. The average Bonchev–Trinajstić information content (AvgIpc) is 3.01. The fourth-order valence-electron chi connectivity index (χ4n) is 4.15. The van der Waals surface area contributed by atoms with Crippen LogP contribution >= 0.6 is 15.9 Å². The van der Waals surface area contributed by atoms with Crippen molar-refractivity contribution >= 4 is 37.7 Å². The Hall–Kier alpha value is -2.91. The lowest BCUT2D eigenvalue weighted by molar-refractivity contribution is 1.08. The predicted octanol–water partition coefficient (Wildman–Crippen LogP) is 7.23. The van der Waals surface area contributed by atoms with E-state index < -0.39 is 0 Å². The van der Waals surface area contributed by atoms with Crippen molar-refractivity contribution in [2.45, 2.75) is 13.8 Å². The number of rotatable bonds is 2. The summed E-state index contributed by atoms with van der Waals surface area (Å²) in [5.41, 5.74) is 7.46. The molecule has 3 heteroatoms. The van der Waals surface area contributed by atoms with Gasteiger partial charge in [0.25, 0.3) is 0 Å². The van der Waals surface area contributed by atoms with Gasteiger partial charge in [-0.05, 0) is 66.4 Å². The van der Waals surface area contributed by atoms with E-state index in [1.807, 2.05) is 18.3 Å². The number of hydrogen-bond acceptors (Lipinski definition) is 1. The number of benzene rings is 3. The summed E-state index contributed by atoms with van der Waals surface area (Å²) in [6.07, 6.45) is 1.85. The molecule has 0 saturated carbocycles. The van der Waals surface area contributed by atoms with Crippen LogP contribution in [0.2, 0.25) is 0 Å². The molecule has 3 aromatic carbocycles. The number of hydrogen-bond donors (Lipinski definition) is 0. The molecule has 0 unspecified atom stereocenters. The third-order valence-electron chi connectivity index (χ3n) is 5.38. The van der Waals surface area contributed by atoms with Crippen LogP contribution in [0.1, 0.15) is 11.1 Å². The smallest absolute Gasteiger partial charge is 0.137 e. The van der Waals surface area contributed by atoms with Crippen LogP contribution in [-0.2, 0) is 0 Å². The van der Waals surface area contributed by atoms with Gasteiger partial charge in [0.2, 0.25) is 0 Å². The molecule has 5 rings (SSSR count). The van der Waals surface area contributed by atoms with Crippen LogP contribution in [0.5, 0.6) is 0 Å². The van der Waals surface area contributed by atoms with Crippen molar-refractivity contribution in [1.82, 2.24) is 9.55 Å². The molecular weight excluding hydrogens is 408 g/mol. The minimum absolute atomic E-state index is 0.930. The van der Waals surface area contributed by atoms with Crippen molar-refractivity contribution in [3.05, 3.63) is 94.6 Å². The molecule has 0 bridgehead atoms. The lowest BCUT2D eigenvalue weighted by atomic mass is 9.95. The minimum Gasteiger partial charge on any atom is -0.294 e. The zero-order chi connectivity index (χ0) is 19.3. The first-order valence-electron chi connectivity index (χ1n) is 9.35. The standard InChI is InChI=1S/C25H19BrN2/c1-16-6-5-7-17(2)25(16)18-9-11-20-21-12-10-19(26)15-23(21)28(22(20)14-18)24-8-3-4-13-27-24/h3-15H,1-2H3. The second-order valence-corrected chi connectivity index (χ2v) is 8.10. The van der Waals surface area contributed by atoms with Gasteiger partial charge >= 0.3 is 0 Å². The van der Waals surface area contributed by atoms with Gasteiger partial charge in [-0.3, -0.25) is 4.57 Å². The molecule has 2 heterocycles. The molecule has 136 valence electrons. The summed E-state index contributed by atoms with van der Waals surface area (Å²) in [5, 5.41) is 2.47. The predicted molar refractivity (Wildman–Crippen MR) is 121 cm³/mol. The molecule has 0 spiro atoms. The third-order valence-corrected chi connectivity index (χ3v) is 5.87. The van der Waals surface area contributed by atoms with E-state index in [0.717, 1.165) is 15.8 Å². The summed E-state index contributed by atoms with van der Waals surface area (Å²) in [4.78, 5) is 4.64. The highest BCUT2D eigenvalue weighted by atomic mass is 79.9. The van der Waals surface area contributed by atoms with Crippen LogP contribution in [-0.4, -0.2) is 9.55 Å². The Morgan fingerprint density at radius 1 is 0.750 bits per heavy atom. The molecule has 0 amide bonds. The highest BCUT2D eigenvalue weighted by Gasteiger charge is 2.15. The van der Waals surface area contributed by atoms with Crippen molar-refractivity contribution in [3.8, 4) is 16.9 Å². The summed E-state index contributed by atoms with van der Waals surface area (Å²) in [6.45, 7) is 4.36. The van der Waals surface area contributed by atoms with Crippen molar-refractivity contribution in [2.24, 2.45) is 0 Å². The van der Waals surface area contributed by atoms with E-state index in [2.05, 4.69) is 100.0 Å². The zero-order valence-corrected chi connectivity index (χ0v) is 17.4. The summed E-state index contributed by atoms with van der Waals surface area (Å²) < 4.78 is 3.32. The van der Waals surface area contributed by atoms with Gasteiger partial charge < -0.3 is 0 Å². The van der Waals surface area contributed by atoms with Gasteiger partial charge in [0.1, 0.15) is 5.82 Å². The third kappa shape index (κ3) is 2.66. The van der Waals surface area contributed by atoms with Crippen LogP contribution in [0, 0.1) is 13.8 Å². The number of nitrogens with zero attached hydrogens (tertiary/aromatic N) is 2. The lowest BCUT2D eigenvalue weighted by Gasteiger charge is -2.11. The van der Waals surface area contributed by atoms with E-state index in [1.54, 1.807) is 0 Å². The first kappa shape index (κ1) is 17.2. The highest BCUT2D eigenvalue weighted by molar-refractivity contribution is 9.10. The van der Waals surface area contributed by atoms with E-state index in [0.29, 0.717) is 0 Å². The Balaban J connectivity index is 1.90. The molecule has 0 aliphatic carbocycles. The lowest BCUT2D eigenvalue weighted by Crippen LogP contribution is -1.96. The molecule has 0 fully saturated rings. The van der Waals surface area contributed by atoms with E-state index in [9.17, 15) is 0 Å². The van der Waals surface area contributed by atoms with E-state index in [1.165, 1.54) is 38.5 Å². The van der Waals surface area contributed by atoms with Crippen LogP contribution in [0.15, 0.2) is 83.5 Å². The first-order chi connectivity index (χ1) is 13.6. The second kappa shape index (κ2) is 6.61. The molecule has 0 radical (unpaired) electrons. The summed E-state index contributed by atoms with van der Waals surface area (Å²) in [7, 11) is 0. The highest BCUT2D eigenvalue weighted by Crippen LogP contribution is 2.36. The molecule has 5 aromatic rings. The van der Waals surface area contributed by atoms with Crippen LogP contribution in [0.3, 0.4) is 0 Å². The maximum absolute atomic E-state index is 4.64.